The first-order chi connectivity index (χ1) is 10.0. The van der Waals surface area contributed by atoms with Gasteiger partial charge in [-0.3, -0.25) is 4.79 Å². The summed E-state index contributed by atoms with van der Waals surface area (Å²) in [5.74, 6) is -0.0477. The van der Waals surface area contributed by atoms with Crippen molar-refractivity contribution < 1.29 is 24.5 Å². The van der Waals surface area contributed by atoms with Gasteiger partial charge >= 0.3 is 0 Å². The highest BCUT2D eigenvalue weighted by molar-refractivity contribution is 6.11. The first-order valence-electron chi connectivity index (χ1n) is 7.75. The molecular weight excluding hydrogens is 272 g/mol. The van der Waals surface area contributed by atoms with E-state index in [4.69, 9.17) is 9.47 Å². The molecule has 0 aliphatic carbocycles. The minimum atomic E-state index is -0.569. The summed E-state index contributed by atoms with van der Waals surface area (Å²) in [6.45, 7) is 0.238. The van der Waals surface area contributed by atoms with Gasteiger partial charge in [0.1, 0.15) is 21.8 Å². The number of carbonyl (C=O) groups excluding carboxylic acids is 1. The molecular formula is C13H27B2NO5. The number of carbonyl (C=O) groups is 1. The molecule has 0 radical (unpaired) electrons. The van der Waals surface area contributed by atoms with Gasteiger partial charge in [-0.1, -0.05) is 6.32 Å². The molecule has 0 aromatic rings. The van der Waals surface area contributed by atoms with E-state index in [0.717, 1.165) is 12.7 Å². The van der Waals surface area contributed by atoms with Gasteiger partial charge in [0, 0.05) is 26.1 Å². The Morgan fingerprint density at radius 3 is 2.86 bits per heavy atom. The van der Waals surface area contributed by atoms with Gasteiger partial charge in [0.25, 0.3) is 0 Å². The summed E-state index contributed by atoms with van der Waals surface area (Å²) in [5.41, 5.74) is 0. The van der Waals surface area contributed by atoms with Crippen LogP contribution in [0.2, 0.25) is 6.32 Å². The molecule has 1 fully saturated rings. The lowest BCUT2D eigenvalue weighted by Gasteiger charge is -2.22. The lowest BCUT2D eigenvalue weighted by molar-refractivity contribution is -0.123. The molecule has 0 spiro atoms. The Morgan fingerprint density at radius 2 is 2.29 bits per heavy atom. The normalized spacial score (nSPS) is 28.2. The van der Waals surface area contributed by atoms with Crippen LogP contribution in [0.5, 0.6) is 0 Å². The first kappa shape index (κ1) is 18.5. The van der Waals surface area contributed by atoms with Crippen LogP contribution in [0, 0.1) is 5.92 Å². The molecule has 3 N–H and O–H groups in total. The average Bonchev–Trinajstić information content (AvgIpc) is 2.79. The Kier molecular flexibility index (Phi) is 8.32. The third kappa shape index (κ3) is 5.98. The van der Waals surface area contributed by atoms with Crippen molar-refractivity contribution in [2.75, 3.05) is 20.3 Å². The van der Waals surface area contributed by atoms with E-state index < -0.39 is 6.10 Å². The molecule has 0 aromatic carbocycles. The minimum absolute atomic E-state index is 0.0477. The predicted octanol–water partition coefficient (Wildman–Crippen LogP) is -2.33. The Morgan fingerprint density at radius 1 is 1.57 bits per heavy atom. The van der Waals surface area contributed by atoms with Crippen molar-refractivity contribution in [3.63, 3.8) is 0 Å². The number of aliphatic hydroxyl groups is 2. The van der Waals surface area contributed by atoms with Gasteiger partial charge in [-0.15, -0.1) is 0 Å². The monoisotopic (exact) mass is 299 g/mol. The van der Waals surface area contributed by atoms with E-state index in [2.05, 4.69) is 5.32 Å². The quantitative estimate of drug-likeness (QED) is 0.416. The third-order valence-corrected chi connectivity index (χ3v) is 4.01. The lowest BCUT2D eigenvalue weighted by Crippen LogP contribution is -2.41. The van der Waals surface area contributed by atoms with Crippen LogP contribution in [0.15, 0.2) is 0 Å². The summed E-state index contributed by atoms with van der Waals surface area (Å²) in [6, 6.07) is 0.0815. The molecule has 0 aromatic heterocycles. The molecule has 120 valence electrons. The first-order valence-corrected chi connectivity index (χ1v) is 7.75. The minimum Gasteiger partial charge on any atom is -0.394 e. The Labute approximate surface area is 128 Å². The highest BCUT2D eigenvalue weighted by atomic mass is 16.5. The molecule has 1 rings (SSSR count). The molecule has 21 heavy (non-hydrogen) atoms. The zero-order chi connectivity index (χ0) is 15.8. The highest BCUT2D eigenvalue weighted by Crippen LogP contribution is 2.27. The van der Waals surface area contributed by atoms with Crippen LogP contribution in [-0.2, 0) is 14.3 Å². The van der Waals surface area contributed by atoms with Gasteiger partial charge in [0.05, 0.1) is 18.8 Å². The maximum Gasteiger partial charge on any atom is 0.220 e. The zero-order valence-electron chi connectivity index (χ0n) is 13.2. The fourth-order valence-corrected chi connectivity index (χ4v) is 2.83. The van der Waals surface area contributed by atoms with Gasteiger partial charge in [-0.25, -0.2) is 0 Å². The van der Waals surface area contributed by atoms with E-state index in [1.54, 1.807) is 0 Å². The smallest absolute Gasteiger partial charge is 0.220 e. The second kappa shape index (κ2) is 9.46. The number of nitrogens with one attached hydrogen (secondary N) is 1. The summed E-state index contributed by atoms with van der Waals surface area (Å²) in [4.78, 5) is 12.0. The highest BCUT2D eigenvalue weighted by Gasteiger charge is 2.33. The predicted molar refractivity (Wildman–Crippen MR) is 84.8 cm³/mol. The molecule has 1 saturated heterocycles. The fraction of sp³-hybridized carbons (Fsp3) is 0.923. The average molecular weight is 299 g/mol. The Hall–Kier alpha value is -0.560. The van der Waals surface area contributed by atoms with Crippen LogP contribution >= 0.6 is 0 Å². The maximum absolute atomic E-state index is 12.0. The molecule has 2 unspecified atom stereocenters. The van der Waals surface area contributed by atoms with Crippen LogP contribution in [0.4, 0.5) is 0 Å². The maximum atomic E-state index is 12.0. The van der Waals surface area contributed by atoms with E-state index in [-0.39, 0.29) is 36.6 Å². The Balaban J connectivity index is 2.36. The standard InChI is InChI=1S/C13H27B2NO5/c1-20-10(9(18)2-3-14)6-16-13(19)5-8-4-12(15)21-11(8)7-17/h8-12,17-18H,2-7,14-15H2,1H3,(H,16,19)/t8?,9?,10-,11-,12-/m1/s1. The zero-order valence-corrected chi connectivity index (χ0v) is 13.2. The molecule has 0 saturated carbocycles. The van der Waals surface area contributed by atoms with Crippen molar-refractivity contribution in [1.82, 2.24) is 5.32 Å². The molecule has 1 amide bonds. The van der Waals surface area contributed by atoms with E-state index in [9.17, 15) is 15.0 Å². The summed E-state index contributed by atoms with van der Waals surface area (Å²) >= 11 is 0. The molecule has 6 nitrogen and oxygen atoms in total. The number of aliphatic hydroxyl groups excluding tert-OH is 2. The number of hydrogen-bond donors (Lipinski definition) is 3. The molecule has 1 heterocycles. The third-order valence-electron chi connectivity index (χ3n) is 4.01. The van der Waals surface area contributed by atoms with Crippen molar-refractivity contribution in [1.29, 1.82) is 0 Å². The number of hydrogen-bond acceptors (Lipinski definition) is 5. The lowest BCUT2D eigenvalue weighted by atomic mass is 9.89. The van der Waals surface area contributed by atoms with Gasteiger partial charge in [-0.05, 0) is 18.8 Å². The van der Waals surface area contributed by atoms with Crippen molar-refractivity contribution in [3.8, 4) is 0 Å². The van der Waals surface area contributed by atoms with Crippen LogP contribution in [0.1, 0.15) is 19.3 Å². The summed E-state index contributed by atoms with van der Waals surface area (Å²) in [6.07, 6.45) is 1.41. The van der Waals surface area contributed by atoms with E-state index in [1.165, 1.54) is 7.11 Å². The van der Waals surface area contributed by atoms with E-state index in [0.29, 0.717) is 19.4 Å². The number of methoxy groups -OCH3 is 1. The fourth-order valence-electron chi connectivity index (χ4n) is 2.83. The van der Waals surface area contributed by atoms with Crippen molar-refractivity contribution in [2.24, 2.45) is 5.92 Å². The largest absolute Gasteiger partial charge is 0.394 e. The summed E-state index contributed by atoms with van der Waals surface area (Å²) in [7, 11) is 5.47. The van der Waals surface area contributed by atoms with Crippen LogP contribution in [-0.4, -0.2) is 76.4 Å². The van der Waals surface area contributed by atoms with Gasteiger partial charge in [0.2, 0.25) is 5.91 Å². The molecule has 1 aliphatic heterocycles. The van der Waals surface area contributed by atoms with E-state index in [1.807, 2.05) is 15.7 Å². The van der Waals surface area contributed by atoms with E-state index >= 15 is 0 Å². The van der Waals surface area contributed by atoms with Crippen molar-refractivity contribution in [3.05, 3.63) is 0 Å². The van der Waals surface area contributed by atoms with Crippen LogP contribution in [0.3, 0.4) is 0 Å². The summed E-state index contributed by atoms with van der Waals surface area (Å²) in [5, 5.41) is 21.9. The second-order valence-corrected chi connectivity index (χ2v) is 5.80. The van der Waals surface area contributed by atoms with Crippen molar-refractivity contribution in [2.45, 2.75) is 49.9 Å². The van der Waals surface area contributed by atoms with Crippen LogP contribution in [0.25, 0.3) is 0 Å². The number of ether oxygens (including phenoxy) is 2. The molecule has 5 atom stereocenters. The topological polar surface area (TPSA) is 88.0 Å². The summed E-state index contributed by atoms with van der Waals surface area (Å²) < 4.78 is 10.8. The second-order valence-electron chi connectivity index (χ2n) is 5.80. The van der Waals surface area contributed by atoms with Gasteiger partial charge < -0.3 is 25.0 Å². The number of amides is 1. The van der Waals surface area contributed by atoms with Crippen LogP contribution < -0.4 is 5.32 Å². The van der Waals surface area contributed by atoms with Gasteiger partial charge in [-0.2, -0.15) is 0 Å². The van der Waals surface area contributed by atoms with Gasteiger partial charge in [0.15, 0.2) is 0 Å². The SMILES string of the molecule is BCCC(O)[C@@H](CNC(=O)CC1C[C@H](B)O[C@@H]1CO)OC. The van der Waals surface area contributed by atoms with Crippen molar-refractivity contribution >= 4 is 21.6 Å². The molecule has 0 bridgehead atoms. The molecule has 1 aliphatic rings. The molecule has 8 heteroatoms. The Bertz CT molecular complexity index is 321. The number of rotatable bonds is 9.